The van der Waals surface area contributed by atoms with Gasteiger partial charge in [0.2, 0.25) is 5.76 Å². The molecule has 1 saturated carbocycles. The summed E-state index contributed by atoms with van der Waals surface area (Å²) < 4.78 is 5.06. The number of aromatic carboxylic acids is 1. The van der Waals surface area contributed by atoms with Crippen molar-refractivity contribution < 1.29 is 24.2 Å². The zero-order valence-electron chi connectivity index (χ0n) is 11.9. The Balaban J connectivity index is 1.86. The molecule has 116 valence electrons. The lowest BCUT2D eigenvalue weighted by molar-refractivity contribution is 0.0463. The van der Waals surface area contributed by atoms with Gasteiger partial charge in [-0.3, -0.25) is 0 Å². The Hall–Kier alpha value is -2.02. The average molecular weight is 296 g/mol. The highest BCUT2D eigenvalue weighted by Gasteiger charge is 2.29. The summed E-state index contributed by atoms with van der Waals surface area (Å²) in [6.07, 6.45) is 2.99. The van der Waals surface area contributed by atoms with E-state index in [1.807, 2.05) is 0 Å². The second kappa shape index (κ2) is 6.62. The summed E-state index contributed by atoms with van der Waals surface area (Å²) in [6.45, 7) is 0.110. The monoisotopic (exact) mass is 296 g/mol. The zero-order valence-corrected chi connectivity index (χ0v) is 11.9. The molecule has 7 heteroatoms. The third kappa shape index (κ3) is 3.75. The van der Waals surface area contributed by atoms with Gasteiger partial charge in [0.25, 0.3) is 0 Å². The van der Waals surface area contributed by atoms with Gasteiger partial charge in [-0.2, -0.15) is 0 Å². The number of nitrogens with zero attached hydrogens (tertiary/aromatic N) is 1. The quantitative estimate of drug-likeness (QED) is 0.779. The van der Waals surface area contributed by atoms with E-state index in [1.54, 1.807) is 7.05 Å². The molecule has 0 radical (unpaired) electrons. The molecular weight excluding hydrogens is 276 g/mol. The van der Waals surface area contributed by atoms with Crippen LogP contribution in [-0.4, -0.2) is 46.3 Å². The van der Waals surface area contributed by atoms with Gasteiger partial charge < -0.3 is 24.8 Å². The number of carbonyl (C=O) groups excluding carboxylic acids is 1. The normalized spacial score (nSPS) is 21.8. The average Bonchev–Trinajstić information content (AvgIpc) is 2.93. The van der Waals surface area contributed by atoms with Crippen molar-refractivity contribution in [3.63, 3.8) is 0 Å². The first-order valence-corrected chi connectivity index (χ1v) is 6.99. The first kappa shape index (κ1) is 15.4. The fourth-order valence-corrected chi connectivity index (χ4v) is 2.57. The number of carboxylic acids is 1. The number of rotatable bonds is 4. The topological polar surface area (TPSA) is 103 Å². The number of carboxylic acid groups (broad SMARTS) is 1. The molecule has 2 atom stereocenters. The molecule has 0 aromatic carbocycles. The van der Waals surface area contributed by atoms with Gasteiger partial charge in [-0.15, -0.1) is 0 Å². The summed E-state index contributed by atoms with van der Waals surface area (Å²) in [7, 11) is 1.65. The van der Waals surface area contributed by atoms with Gasteiger partial charge in [-0.1, -0.05) is 12.8 Å². The minimum Gasteiger partial charge on any atom is -0.475 e. The molecule has 1 aliphatic rings. The van der Waals surface area contributed by atoms with E-state index < -0.39 is 12.1 Å². The Labute approximate surface area is 122 Å². The van der Waals surface area contributed by atoms with Crippen LogP contribution in [0.1, 0.15) is 42.0 Å². The van der Waals surface area contributed by atoms with Crippen LogP contribution in [-0.2, 0) is 6.54 Å². The van der Waals surface area contributed by atoms with Crippen LogP contribution in [0.4, 0.5) is 4.79 Å². The van der Waals surface area contributed by atoms with E-state index in [9.17, 15) is 14.7 Å². The first-order chi connectivity index (χ1) is 9.99. The molecule has 1 heterocycles. The van der Waals surface area contributed by atoms with E-state index in [0.717, 1.165) is 19.3 Å². The van der Waals surface area contributed by atoms with Crippen molar-refractivity contribution >= 4 is 12.0 Å². The molecule has 0 bridgehead atoms. The summed E-state index contributed by atoms with van der Waals surface area (Å²) in [5.41, 5.74) is 0. The predicted octanol–water partition coefficient (Wildman–Crippen LogP) is 1.42. The molecule has 2 unspecified atom stereocenters. The van der Waals surface area contributed by atoms with Gasteiger partial charge in [0.15, 0.2) is 0 Å². The highest BCUT2D eigenvalue weighted by molar-refractivity contribution is 5.84. The van der Waals surface area contributed by atoms with Crippen molar-refractivity contribution in [3.8, 4) is 0 Å². The van der Waals surface area contributed by atoms with Gasteiger partial charge in [0, 0.05) is 7.05 Å². The number of aliphatic hydroxyl groups excluding tert-OH is 1. The van der Waals surface area contributed by atoms with Crippen molar-refractivity contribution in [2.24, 2.45) is 0 Å². The zero-order chi connectivity index (χ0) is 15.4. The number of likely N-dealkylation sites (N-methyl/N-ethyl adjacent to an activating group) is 1. The smallest absolute Gasteiger partial charge is 0.371 e. The van der Waals surface area contributed by atoms with Crippen LogP contribution < -0.4 is 5.32 Å². The van der Waals surface area contributed by atoms with Crippen LogP contribution in [0.5, 0.6) is 0 Å². The maximum absolute atomic E-state index is 12.0. The summed E-state index contributed by atoms with van der Waals surface area (Å²) >= 11 is 0. The van der Waals surface area contributed by atoms with E-state index in [-0.39, 0.29) is 24.4 Å². The summed E-state index contributed by atoms with van der Waals surface area (Å²) in [5, 5.41) is 21.3. The number of aliphatic hydroxyl groups is 1. The molecule has 0 spiro atoms. The van der Waals surface area contributed by atoms with Gasteiger partial charge >= 0.3 is 12.0 Å². The molecule has 1 aromatic heterocycles. The second-order valence-corrected chi connectivity index (χ2v) is 5.26. The maximum atomic E-state index is 12.0. The third-order valence-electron chi connectivity index (χ3n) is 3.80. The lowest BCUT2D eigenvalue weighted by Gasteiger charge is -2.35. The molecule has 0 saturated heterocycles. The minimum atomic E-state index is -1.14. The molecular formula is C14H20N2O5. The maximum Gasteiger partial charge on any atom is 0.371 e. The van der Waals surface area contributed by atoms with E-state index in [0.29, 0.717) is 12.2 Å². The van der Waals surface area contributed by atoms with Crippen molar-refractivity contribution in [2.75, 3.05) is 7.05 Å². The number of amides is 2. The Kier molecular flexibility index (Phi) is 4.85. The van der Waals surface area contributed by atoms with Crippen molar-refractivity contribution in [1.29, 1.82) is 0 Å². The number of hydrogen-bond donors (Lipinski definition) is 3. The van der Waals surface area contributed by atoms with Gasteiger partial charge in [0.1, 0.15) is 5.76 Å². The number of nitrogens with one attached hydrogen (secondary N) is 1. The largest absolute Gasteiger partial charge is 0.475 e. The van der Waals surface area contributed by atoms with Crippen LogP contribution in [0, 0.1) is 0 Å². The van der Waals surface area contributed by atoms with Gasteiger partial charge in [0.05, 0.1) is 18.7 Å². The van der Waals surface area contributed by atoms with Crippen LogP contribution in [0.15, 0.2) is 16.5 Å². The fraction of sp³-hybridized carbons (Fsp3) is 0.571. The number of hydrogen-bond acceptors (Lipinski definition) is 4. The highest BCUT2D eigenvalue weighted by atomic mass is 16.4. The first-order valence-electron chi connectivity index (χ1n) is 6.99. The summed E-state index contributed by atoms with van der Waals surface area (Å²) in [4.78, 5) is 24.2. The number of furan rings is 1. The molecule has 21 heavy (non-hydrogen) atoms. The summed E-state index contributed by atoms with van der Waals surface area (Å²) in [5.74, 6) is -0.927. The molecule has 1 aromatic rings. The van der Waals surface area contributed by atoms with Crippen LogP contribution in [0.3, 0.4) is 0 Å². The molecule has 1 fully saturated rings. The second-order valence-electron chi connectivity index (χ2n) is 5.26. The number of carbonyl (C=O) groups is 2. The standard InChI is InChI=1S/C14H20N2O5/c1-16(10-4-2-3-5-11(10)17)14(20)15-8-9-6-7-12(21-9)13(18)19/h6-7,10-11,17H,2-5,8H2,1H3,(H,15,20)(H,18,19). The Morgan fingerprint density at radius 1 is 1.38 bits per heavy atom. The van der Waals surface area contributed by atoms with E-state index >= 15 is 0 Å². The van der Waals surface area contributed by atoms with Crippen molar-refractivity contribution in [2.45, 2.75) is 44.4 Å². The Bertz CT molecular complexity index is 513. The van der Waals surface area contributed by atoms with E-state index in [1.165, 1.54) is 17.0 Å². The Morgan fingerprint density at radius 3 is 2.71 bits per heavy atom. The lowest BCUT2D eigenvalue weighted by Crippen LogP contribution is -2.49. The van der Waals surface area contributed by atoms with Crippen molar-refractivity contribution in [3.05, 3.63) is 23.7 Å². The Morgan fingerprint density at radius 2 is 2.10 bits per heavy atom. The molecule has 2 amide bonds. The molecule has 2 rings (SSSR count). The van der Waals surface area contributed by atoms with E-state index in [2.05, 4.69) is 5.32 Å². The van der Waals surface area contributed by atoms with Crippen LogP contribution in [0.2, 0.25) is 0 Å². The van der Waals surface area contributed by atoms with Gasteiger partial charge in [-0.25, -0.2) is 9.59 Å². The van der Waals surface area contributed by atoms with Crippen molar-refractivity contribution in [1.82, 2.24) is 10.2 Å². The molecule has 1 aliphatic carbocycles. The molecule has 0 aliphatic heterocycles. The van der Waals surface area contributed by atoms with Crippen LogP contribution >= 0.6 is 0 Å². The number of urea groups is 1. The summed E-state index contributed by atoms with van der Waals surface area (Å²) in [6, 6.07) is 2.37. The minimum absolute atomic E-state index is 0.110. The van der Waals surface area contributed by atoms with E-state index in [4.69, 9.17) is 9.52 Å². The van der Waals surface area contributed by atoms with Gasteiger partial charge in [-0.05, 0) is 25.0 Å². The SMILES string of the molecule is CN(C(=O)NCc1ccc(C(=O)O)o1)C1CCCCC1O. The predicted molar refractivity (Wildman–Crippen MR) is 73.9 cm³/mol. The third-order valence-corrected chi connectivity index (χ3v) is 3.80. The highest BCUT2D eigenvalue weighted by Crippen LogP contribution is 2.22. The van der Waals surface area contributed by atoms with Crippen LogP contribution in [0.25, 0.3) is 0 Å². The molecule has 7 nitrogen and oxygen atoms in total. The fourth-order valence-electron chi connectivity index (χ4n) is 2.57. The lowest BCUT2D eigenvalue weighted by atomic mass is 9.92. The molecule has 3 N–H and O–H groups in total.